The highest BCUT2D eigenvalue weighted by molar-refractivity contribution is 7.90. The fourth-order valence-corrected chi connectivity index (χ4v) is 6.20. The molecule has 0 spiro atoms. The van der Waals surface area contributed by atoms with E-state index in [4.69, 9.17) is 0 Å². The molecule has 0 fully saturated rings. The van der Waals surface area contributed by atoms with Crippen molar-refractivity contribution in [1.82, 2.24) is 19.5 Å². The zero-order valence-electron chi connectivity index (χ0n) is 18.8. The van der Waals surface area contributed by atoms with Gasteiger partial charge in [-0.25, -0.2) is 14.5 Å². The number of carbonyl (C=O) groups is 2. The molecule has 0 saturated heterocycles. The lowest BCUT2D eigenvalue weighted by Gasteiger charge is -2.16. The first-order chi connectivity index (χ1) is 16.2. The van der Waals surface area contributed by atoms with Crippen LogP contribution in [0.4, 0.5) is 15.6 Å². The first kappa shape index (κ1) is 22.5. The van der Waals surface area contributed by atoms with Crippen molar-refractivity contribution in [1.29, 1.82) is 0 Å². The van der Waals surface area contributed by atoms with Crippen molar-refractivity contribution >= 4 is 44.1 Å². The second-order valence-electron chi connectivity index (χ2n) is 8.46. The molecule has 2 aliphatic rings. The molecule has 2 N–H and O–H groups in total. The molecule has 0 saturated carbocycles. The van der Waals surface area contributed by atoms with E-state index in [1.54, 1.807) is 18.6 Å². The number of urea groups is 1. The summed E-state index contributed by atoms with van der Waals surface area (Å²) in [7, 11) is -1.28. The SMILES string of the molecule is CN(C(=O)c1cc(S(=O)(=O)NC(=O)Nc2c3c(cc4c2CCC4)CCC3)nn1C)c1nccs1. The van der Waals surface area contributed by atoms with E-state index in [-0.39, 0.29) is 5.69 Å². The van der Waals surface area contributed by atoms with Gasteiger partial charge in [0.05, 0.1) is 0 Å². The number of aromatic nitrogens is 3. The van der Waals surface area contributed by atoms with Crippen LogP contribution in [0.3, 0.4) is 0 Å². The first-order valence-electron chi connectivity index (χ1n) is 11.0. The van der Waals surface area contributed by atoms with E-state index in [1.807, 2.05) is 0 Å². The summed E-state index contributed by atoms with van der Waals surface area (Å²) in [6.07, 6.45) is 7.28. The van der Waals surface area contributed by atoms with Gasteiger partial charge in [0.15, 0.2) is 10.2 Å². The number of carbonyl (C=O) groups excluding carboxylic acids is 2. The number of fused-ring (bicyclic) bond motifs is 2. The van der Waals surface area contributed by atoms with Crippen LogP contribution < -0.4 is 14.9 Å². The van der Waals surface area contributed by atoms with Gasteiger partial charge in [0.25, 0.3) is 15.9 Å². The maximum absolute atomic E-state index is 12.9. The molecule has 0 unspecified atom stereocenters. The van der Waals surface area contributed by atoms with E-state index < -0.39 is 27.0 Å². The number of hydrogen-bond donors (Lipinski definition) is 2. The summed E-state index contributed by atoms with van der Waals surface area (Å²) in [5.41, 5.74) is 5.47. The number of hydrogen-bond acceptors (Lipinski definition) is 7. The zero-order valence-corrected chi connectivity index (χ0v) is 20.4. The van der Waals surface area contributed by atoms with Crippen LogP contribution in [-0.2, 0) is 42.8 Å². The fourth-order valence-electron chi connectivity index (χ4n) is 4.69. The molecular weight excluding hydrogens is 476 g/mol. The number of sulfonamides is 1. The Hall–Kier alpha value is -3.25. The number of nitrogens with one attached hydrogen (secondary N) is 2. The predicted octanol–water partition coefficient (Wildman–Crippen LogP) is 2.64. The normalized spacial score (nSPS) is 14.5. The molecule has 1 aromatic carbocycles. The van der Waals surface area contributed by atoms with Gasteiger partial charge in [0.1, 0.15) is 5.69 Å². The quantitative estimate of drug-likeness (QED) is 0.555. The maximum Gasteiger partial charge on any atom is 0.333 e. The minimum atomic E-state index is -4.30. The topological polar surface area (TPSA) is 126 Å². The van der Waals surface area contributed by atoms with Crippen LogP contribution in [0.15, 0.2) is 28.7 Å². The smallest absolute Gasteiger partial charge is 0.307 e. The summed E-state index contributed by atoms with van der Waals surface area (Å²) >= 11 is 1.28. The molecule has 0 aliphatic heterocycles. The lowest BCUT2D eigenvalue weighted by Crippen LogP contribution is -2.35. The van der Waals surface area contributed by atoms with Crippen LogP contribution >= 0.6 is 11.3 Å². The number of aryl methyl sites for hydroxylation is 3. The molecular formula is C22H24N6O4S2. The Bertz CT molecular complexity index is 1360. The molecule has 34 heavy (non-hydrogen) atoms. The Morgan fingerprint density at radius 2 is 1.76 bits per heavy atom. The molecule has 2 heterocycles. The monoisotopic (exact) mass is 500 g/mol. The van der Waals surface area contributed by atoms with Crippen molar-refractivity contribution in [2.24, 2.45) is 7.05 Å². The van der Waals surface area contributed by atoms with Crippen LogP contribution in [-0.4, -0.2) is 42.2 Å². The molecule has 0 atom stereocenters. The number of benzene rings is 1. The molecule has 5 rings (SSSR count). The zero-order chi connectivity index (χ0) is 24.0. The van der Waals surface area contributed by atoms with Gasteiger partial charge in [-0.2, -0.15) is 13.5 Å². The van der Waals surface area contributed by atoms with Gasteiger partial charge < -0.3 is 5.32 Å². The lowest BCUT2D eigenvalue weighted by molar-refractivity contribution is 0.0984. The van der Waals surface area contributed by atoms with Gasteiger partial charge in [-0.1, -0.05) is 6.07 Å². The second kappa shape index (κ2) is 8.51. The van der Waals surface area contributed by atoms with Gasteiger partial charge in [-0.3, -0.25) is 14.4 Å². The average Bonchev–Trinajstić information content (AvgIpc) is 3.58. The summed E-state index contributed by atoms with van der Waals surface area (Å²) in [4.78, 5) is 31.0. The minimum absolute atomic E-state index is 0.0529. The second-order valence-corrected chi connectivity index (χ2v) is 11.0. The number of amides is 3. The Kier molecular flexibility index (Phi) is 5.64. The standard InChI is InChI=1S/C22H24N6O4S2/c1-27(22-23-9-10-33-22)20(29)17-12-18(25-28(17)2)34(31,32)26-21(30)24-19-15-7-3-5-13(15)11-14-6-4-8-16(14)19/h9-12H,3-8H2,1-2H3,(H2,24,26,30). The number of rotatable bonds is 5. The molecule has 3 amide bonds. The summed E-state index contributed by atoms with van der Waals surface area (Å²) in [6.45, 7) is 0. The summed E-state index contributed by atoms with van der Waals surface area (Å²) in [5, 5.41) is 8.56. The van der Waals surface area contributed by atoms with Gasteiger partial charge in [-0.15, -0.1) is 11.3 Å². The number of thiazole rings is 1. The van der Waals surface area contributed by atoms with Crippen LogP contribution in [0.1, 0.15) is 45.6 Å². The van der Waals surface area contributed by atoms with E-state index in [2.05, 4.69) is 26.2 Å². The Labute approximate surface area is 201 Å². The Balaban J connectivity index is 1.36. The third-order valence-corrected chi connectivity index (χ3v) is 8.35. The highest BCUT2D eigenvalue weighted by Gasteiger charge is 2.29. The molecule has 2 aliphatic carbocycles. The van der Waals surface area contributed by atoms with E-state index >= 15 is 0 Å². The molecule has 2 aromatic heterocycles. The van der Waals surface area contributed by atoms with E-state index in [1.165, 1.54) is 39.1 Å². The van der Waals surface area contributed by atoms with Crippen LogP contribution in [0, 0.1) is 0 Å². The molecule has 0 radical (unpaired) electrons. The van der Waals surface area contributed by atoms with Crippen LogP contribution in [0.2, 0.25) is 0 Å². The molecule has 178 valence electrons. The van der Waals surface area contributed by atoms with E-state index in [0.717, 1.165) is 61.4 Å². The number of nitrogens with zero attached hydrogens (tertiary/aromatic N) is 4. The summed E-state index contributed by atoms with van der Waals surface area (Å²) in [5.74, 6) is -0.466. The van der Waals surface area contributed by atoms with Crippen molar-refractivity contribution in [2.75, 3.05) is 17.3 Å². The van der Waals surface area contributed by atoms with Crippen molar-refractivity contribution in [2.45, 2.75) is 43.6 Å². The maximum atomic E-state index is 12.9. The summed E-state index contributed by atoms with van der Waals surface area (Å²) in [6, 6.07) is 2.55. The molecule has 10 nitrogen and oxygen atoms in total. The first-order valence-corrected chi connectivity index (χ1v) is 13.3. The minimum Gasteiger partial charge on any atom is -0.307 e. The highest BCUT2D eigenvalue weighted by Crippen LogP contribution is 2.38. The van der Waals surface area contributed by atoms with Crippen molar-refractivity contribution in [3.8, 4) is 0 Å². The summed E-state index contributed by atoms with van der Waals surface area (Å²) < 4.78 is 29.0. The fraction of sp³-hybridized carbons (Fsp3) is 0.364. The van der Waals surface area contributed by atoms with E-state index in [0.29, 0.717) is 5.13 Å². The van der Waals surface area contributed by atoms with Crippen molar-refractivity contribution < 1.29 is 18.0 Å². The Morgan fingerprint density at radius 1 is 1.09 bits per heavy atom. The highest BCUT2D eigenvalue weighted by atomic mass is 32.2. The Morgan fingerprint density at radius 3 is 2.38 bits per heavy atom. The van der Waals surface area contributed by atoms with Crippen molar-refractivity contribution in [3.05, 3.63) is 51.7 Å². The third-order valence-electron chi connectivity index (χ3n) is 6.30. The van der Waals surface area contributed by atoms with E-state index in [9.17, 15) is 18.0 Å². The van der Waals surface area contributed by atoms with Gasteiger partial charge in [0, 0.05) is 37.4 Å². The molecule has 0 bridgehead atoms. The lowest BCUT2D eigenvalue weighted by atomic mass is 9.99. The largest absolute Gasteiger partial charge is 0.333 e. The third kappa shape index (κ3) is 3.96. The molecule has 3 aromatic rings. The predicted molar refractivity (Wildman–Crippen MR) is 128 cm³/mol. The average molecular weight is 501 g/mol. The van der Waals surface area contributed by atoms with Gasteiger partial charge in [-0.05, 0) is 60.8 Å². The number of anilines is 2. The van der Waals surface area contributed by atoms with Gasteiger partial charge in [0.2, 0.25) is 0 Å². The van der Waals surface area contributed by atoms with Gasteiger partial charge >= 0.3 is 6.03 Å². The van der Waals surface area contributed by atoms with Crippen molar-refractivity contribution in [3.63, 3.8) is 0 Å². The molecule has 12 heteroatoms. The van der Waals surface area contributed by atoms with Crippen LogP contribution in [0.25, 0.3) is 0 Å². The van der Waals surface area contributed by atoms with Crippen LogP contribution in [0.5, 0.6) is 0 Å².